The van der Waals surface area contributed by atoms with Crippen LogP contribution in [0.2, 0.25) is 0 Å². The fraction of sp³-hybridized carbons (Fsp3) is 0.579. The SMILES string of the molecule is CCCC(C)(C)CNC(=O)c1cc(C(C)=O)cc(C(C)C)c1. The lowest BCUT2D eigenvalue weighted by atomic mass is 9.88. The first-order valence-electron chi connectivity index (χ1n) is 8.10. The van der Waals surface area contributed by atoms with Gasteiger partial charge in [-0.1, -0.05) is 41.0 Å². The molecule has 0 heterocycles. The van der Waals surface area contributed by atoms with E-state index in [0.717, 1.165) is 18.4 Å². The summed E-state index contributed by atoms with van der Waals surface area (Å²) in [4.78, 5) is 24.1. The molecule has 0 unspecified atom stereocenters. The third-order valence-electron chi connectivity index (χ3n) is 3.94. The monoisotopic (exact) mass is 303 g/mol. The lowest BCUT2D eigenvalue weighted by Crippen LogP contribution is -2.34. The number of amides is 1. The van der Waals surface area contributed by atoms with E-state index in [9.17, 15) is 9.59 Å². The van der Waals surface area contributed by atoms with E-state index in [-0.39, 0.29) is 23.0 Å². The quantitative estimate of drug-likeness (QED) is 0.750. The van der Waals surface area contributed by atoms with E-state index >= 15 is 0 Å². The van der Waals surface area contributed by atoms with Gasteiger partial charge >= 0.3 is 0 Å². The second-order valence-corrected chi connectivity index (χ2v) is 7.15. The van der Waals surface area contributed by atoms with Crippen molar-refractivity contribution in [1.82, 2.24) is 5.32 Å². The van der Waals surface area contributed by atoms with E-state index in [1.807, 2.05) is 12.1 Å². The minimum Gasteiger partial charge on any atom is -0.352 e. The molecule has 0 saturated heterocycles. The van der Waals surface area contributed by atoms with Crippen molar-refractivity contribution >= 4 is 11.7 Å². The van der Waals surface area contributed by atoms with Gasteiger partial charge in [-0.25, -0.2) is 0 Å². The summed E-state index contributed by atoms with van der Waals surface area (Å²) in [5, 5.41) is 3.01. The Kier molecular flexibility index (Phi) is 6.34. The van der Waals surface area contributed by atoms with Crippen molar-refractivity contribution in [2.75, 3.05) is 6.54 Å². The first-order valence-corrected chi connectivity index (χ1v) is 8.10. The zero-order chi connectivity index (χ0) is 16.9. The summed E-state index contributed by atoms with van der Waals surface area (Å²) in [5.41, 5.74) is 2.28. The van der Waals surface area contributed by atoms with Crippen molar-refractivity contribution in [1.29, 1.82) is 0 Å². The number of carbonyl (C=O) groups is 2. The summed E-state index contributed by atoms with van der Waals surface area (Å²) >= 11 is 0. The standard InChI is InChI=1S/C19H29NO2/c1-7-8-19(5,6)12-20-18(22)17-10-15(13(2)3)9-16(11-17)14(4)21/h9-11,13H,7-8,12H2,1-6H3,(H,20,22). The first-order chi connectivity index (χ1) is 10.2. The second-order valence-electron chi connectivity index (χ2n) is 7.15. The van der Waals surface area contributed by atoms with Crippen LogP contribution in [-0.2, 0) is 0 Å². The maximum Gasteiger partial charge on any atom is 0.251 e. The van der Waals surface area contributed by atoms with Gasteiger partial charge in [0, 0.05) is 17.7 Å². The number of hydrogen-bond donors (Lipinski definition) is 1. The van der Waals surface area contributed by atoms with E-state index in [1.54, 1.807) is 6.07 Å². The lowest BCUT2D eigenvalue weighted by Gasteiger charge is -2.24. The van der Waals surface area contributed by atoms with Crippen molar-refractivity contribution in [2.24, 2.45) is 5.41 Å². The highest BCUT2D eigenvalue weighted by Crippen LogP contribution is 2.22. The number of hydrogen-bond acceptors (Lipinski definition) is 2. The van der Waals surface area contributed by atoms with Gasteiger partial charge in [0.15, 0.2) is 5.78 Å². The molecule has 1 aromatic carbocycles. The van der Waals surface area contributed by atoms with E-state index in [1.165, 1.54) is 6.92 Å². The summed E-state index contributed by atoms with van der Waals surface area (Å²) in [6.07, 6.45) is 2.16. The molecule has 0 aliphatic heterocycles. The Morgan fingerprint density at radius 1 is 1.14 bits per heavy atom. The van der Waals surface area contributed by atoms with Gasteiger partial charge in [-0.3, -0.25) is 9.59 Å². The van der Waals surface area contributed by atoms with E-state index in [4.69, 9.17) is 0 Å². The number of Topliss-reactive ketones (excluding diaryl/α,β-unsaturated/α-hetero) is 1. The highest BCUT2D eigenvalue weighted by Gasteiger charge is 2.19. The molecule has 0 aliphatic rings. The minimum atomic E-state index is -0.103. The zero-order valence-corrected chi connectivity index (χ0v) is 14.7. The number of rotatable bonds is 7. The van der Waals surface area contributed by atoms with Crippen LogP contribution in [0.3, 0.4) is 0 Å². The molecule has 0 aliphatic carbocycles. The Morgan fingerprint density at radius 2 is 1.73 bits per heavy atom. The molecule has 0 bridgehead atoms. The molecule has 1 rings (SSSR count). The van der Waals surface area contributed by atoms with Crippen molar-refractivity contribution in [3.05, 3.63) is 34.9 Å². The molecule has 0 atom stereocenters. The third-order valence-corrected chi connectivity index (χ3v) is 3.94. The molecule has 3 nitrogen and oxygen atoms in total. The van der Waals surface area contributed by atoms with Gasteiger partial charge in [0.2, 0.25) is 0 Å². The Balaban J connectivity index is 2.95. The largest absolute Gasteiger partial charge is 0.352 e. The molecule has 3 heteroatoms. The first kappa shape index (κ1) is 18.4. The van der Waals surface area contributed by atoms with Crippen LogP contribution in [0.5, 0.6) is 0 Å². The Morgan fingerprint density at radius 3 is 2.23 bits per heavy atom. The summed E-state index contributed by atoms with van der Waals surface area (Å²) in [6.45, 7) is 12.8. The molecule has 122 valence electrons. The van der Waals surface area contributed by atoms with Gasteiger partial charge in [-0.05, 0) is 48.4 Å². The fourth-order valence-corrected chi connectivity index (χ4v) is 2.51. The molecule has 0 radical (unpaired) electrons. The highest BCUT2D eigenvalue weighted by atomic mass is 16.1. The molecular weight excluding hydrogens is 274 g/mol. The zero-order valence-electron chi connectivity index (χ0n) is 14.7. The molecular formula is C19H29NO2. The fourth-order valence-electron chi connectivity index (χ4n) is 2.51. The van der Waals surface area contributed by atoms with Crippen LogP contribution in [0, 0.1) is 5.41 Å². The second kappa shape index (κ2) is 7.57. The smallest absolute Gasteiger partial charge is 0.251 e. The number of carbonyl (C=O) groups excluding carboxylic acids is 2. The average Bonchev–Trinajstić information content (AvgIpc) is 2.44. The van der Waals surface area contributed by atoms with Crippen LogP contribution in [0.25, 0.3) is 0 Å². The van der Waals surface area contributed by atoms with Crippen LogP contribution in [0.1, 0.15) is 86.6 Å². The molecule has 0 spiro atoms. The molecule has 0 aromatic heterocycles. The van der Waals surface area contributed by atoms with Gasteiger partial charge in [0.25, 0.3) is 5.91 Å². The van der Waals surface area contributed by atoms with Gasteiger partial charge < -0.3 is 5.32 Å². The number of nitrogens with one attached hydrogen (secondary N) is 1. The molecule has 0 saturated carbocycles. The predicted octanol–water partition coefficient (Wildman–Crippen LogP) is 4.57. The summed E-state index contributed by atoms with van der Waals surface area (Å²) in [6, 6.07) is 5.46. The van der Waals surface area contributed by atoms with Crippen molar-refractivity contribution in [3.8, 4) is 0 Å². The summed E-state index contributed by atoms with van der Waals surface area (Å²) in [5.74, 6) is 0.166. The third kappa shape index (κ3) is 5.28. The van der Waals surface area contributed by atoms with Crippen molar-refractivity contribution in [3.63, 3.8) is 0 Å². The number of ketones is 1. The van der Waals surface area contributed by atoms with Crippen molar-refractivity contribution < 1.29 is 9.59 Å². The van der Waals surface area contributed by atoms with Gasteiger partial charge in [0.1, 0.15) is 0 Å². The van der Waals surface area contributed by atoms with Crippen LogP contribution in [-0.4, -0.2) is 18.2 Å². The molecule has 1 aromatic rings. The minimum absolute atomic E-state index is 0.0112. The topological polar surface area (TPSA) is 46.2 Å². The van der Waals surface area contributed by atoms with Gasteiger partial charge in [-0.15, -0.1) is 0 Å². The van der Waals surface area contributed by atoms with Crippen LogP contribution in [0.4, 0.5) is 0 Å². The highest BCUT2D eigenvalue weighted by molar-refractivity contribution is 6.00. The predicted molar refractivity (Wildman–Crippen MR) is 91.6 cm³/mol. The summed E-state index contributed by atoms with van der Waals surface area (Å²) < 4.78 is 0. The average molecular weight is 303 g/mol. The van der Waals surface area contributed by atoms with Crippen LogP contribution >= 0.6 is 0 Å². The Labute approximate surface area is 134 Å². The van der Waals surface area contributed by atoms with Crippen molar-refractivity contribution in [2.45, 2.75) is 60.3 Å². The van der Waals surface area contributed by atoms with E-state index in [0.29, 0.717) is 17.7 Å². The van der Waals surface area contributed by atoms with Crippen LogP contribution < -0.4 is 5.32 Å². The maximum atomic E-state index is 12.4. The molecule has 1 N–H and O–H groups in total. The van der Waals surface area contributed by atoms with E-state index in [2.05, 4.69) is 39.9 Å². The van der Waals surface area contributed by atoms with Gasteiger partial charge in [0.05, 0.1) is 0 Å². The molecule has 22 heavy (non-hydrogen) atoms. The van der Waals surface area contributed by atoms with E-state index < -0.39 is 0 Å². The van der Waals surface area contributed by atoms with Gasteiger partial charge in [-0.2, -0.15) is 0 Å². The van der Waals surface area contributed by atoms with Crippen LogP contribution in [0.15, 0.2) is 18.2 Å². The molecule has 0 fully saturated rings. The normalized spacial score (nSPS) is 11.6. The summed E-state index contributed by atoms with van der Waals surface area (Å²) in [7, 11) is 0. The lowest BCUT2D eigenvalue weighted by molar-refractivity contribution is 0.0934. The maximum absolute atomic E-state index is 12.4. The molecule has 1 amide bonds. The Bertz CT molecular complexity index is 544. The number of benzene rings is 1. The Hall–Kier alpha value is -1.64.